The van der Waals surface area contributed by atoms with Crippen molar-refractivity contribution in [2.45, 2.75) is 20.8 Å². The van der Waals surface area contributed by atoms with Gasteiger partial charge in [0.05, 0.1) is 13.2 Å². The molecule has 0 radical (unpaired) electrons. The Morgan fingerprint density at radius 3 is 2.73 bits per heavy atom. The summed E-state index contributed by atoms with van der Waals surface area (Å²) in [4.78, 5) is 10.8. The fraction of sp³-hybridized carbons (Fsp3) is 0.727. The smallest absolute Gasteiger partial charge is 0.332 e. The molecule has 0 aromatic heterocycles. The third kappa shape index (κ3) is 11.1. The molecule has 0 heterocycles. The molecule has 0 aliphatic rings. The molecule has 0 aromatic carbocycles. The molecule has 0 saturated heterocycles. The molecule has 4 nitrogen and oxygen atoms in total. The fourth-order valence-corrected chi connectivity index (χ4v) is 0.881. The van der Waals surface area contributed by atoms with Crippen LogP contribution >= 0.6 is 0 Å². The number of carbonyl (C=O) groups excluding carboxylic acids is 1. The molecule has 0 bridgehead atoms. The maximum Gasteiger partial charge on any atom is 0.332 e. The van der Waals surface area contributed by atoms with Gasteiger partial charge in [-0.2, -0.15) is 0 Å². The lowest BCUT2D eigenvalue weighted by molar-refractivity contribution is -0.148. The predicted molar refractivity (Wildman–Crippen MR) is 59.8 cm³/mol. The van der Waals surface area contributed by atoms with E-state index >= 15 is 0 Å². The van der Waals surface area contributed by atoms with Crippen molar-refractivity contribution in [3.05, 3.63) is 11.6 Å². The number of nitrogens with one attached hydrogen (secondary N) is 1. The second-order valence-electron chi connectivity index (χ2n) is 3.34. The summed E-state index contributed by atoms with van der Waals surface area (Å²) in [6.07, 6.45) is 2.10. The van der Waals surface area contributed by atoms with Crippen molar-refractivity contribution in [3.63, 3.8) is 0 Å². The van der Waals surface area contributed by atoms with E-state index in [4.69, 9.17) is 9.47 Å². The second-order valence-corrected chi connectivity index (χ2v) is 3.34. The zero-order valence-electron chi connectivity index (χ0n) is 9.84. The average molecular weight is 215 g/mol. The second kappa shape index (κ2) is 9.68. The normalized spacial score (nSPS) is 9.80. The molecule has 0 spiro atoms. The Kier molecular flexibility index (Phi) is 9.11. The molecule has 0 aromatic rings. The van der Waals surface area contributed by atoms with Crippen molar-refractivity contribution in [3.8, 4) is 0 Å². The summed E-state index contributed by atoms with van der Waals surface area (Å²) in [5.74, 6) is -0.304. The Hall–Kier alpha value is -0.870. The first-order valence-corrected chi connectivity index (χ1v) is 5.24. The zero-order chi connectivity index (χ0) is 11.5. The summed E-state index contributed by atoms with van der Waals surface area (Å²) in [6, 6.07) is 0. The van der Waals surface area contributed by atoms with E-state index in [-0.39, 0.29) is 12.6 Å². The highest BCUT2D eigenvalue weighted by Crippen LogP contribution is 1.85. The van der Waals surface area contributed by atoms with Crippen molar-refractivity contribution >= 4 is 5.97 Å². The molecule has 0 aliphatic carbocycles. The maximum absolute atomic E-state index is 10.8. The topological polar surface area (TPSA) is 47.6 Å². The number of ether oxygens (including phenoxy) is 2. The molecule has 0 saturated carbocycles. The molecule has 0 unspecified atom stereocenters. The Morgan fingerprint density at radius 2 is 2.13 bits per heavy atom. The first-order valence-electron chi connectivity index (χ1n) is 5.24. The van der Waals surface area contributed by atoms with E-state index in [1.165, 1.54) is 5.57 Å². The number of esters is 1. The Morgan fingerprint density at radius 1 is 1.40 bits per heavy atom. The van der Waals surface area contributed by atoms with Gasteiger partial charge in [0, 0.05) is 13.1 Å². The maximum atomic E-state index is 10.8. The van der Waals surface area contributed by atoms with E-state index in [2.05, 4.69) is 25.2 Å². The van der Waals surface area contributed by atoms with Gasteiger partial charge >= 0.3 is 5.97 Å². The van der Waals surface area contributed by atoms with Crippen molar-refractivity contribution in [1.82, 2.24) is 5.32 Å². The molecule has 88 valence electrons. The molecule has 1 N–H and O–H groups in total. The van der Waals surface area contributed by atoms with Gasteiger partial charge in [-0.25, -0.2) is 4.79 Å². The van der Waals surface area contributed by atoms with Crippen LogP contribution in [0.5, 0.6) is 0 Å². The lowest BCUT2D eigenvalue weighted by Gasteiger charge is -2.04. The van der Waals surface area contributed by atoms with Crippen LogP contribution in [0, 0.1) is 0 Å². The Labute approximate surface area is 91.6 Å². The molecule has 0 amide bonds. The zero-order valence-corrected chi connectivity index (χ0v) is 9.84. The van der Waals surface area contributed by atoms with E-state index in [0.29, 0.717) is 13.2 Å². The van der Waals surface area contributed by atoms with Crippen molar-refractivity contribution in [2.75, 3.05) is 32.9 Å². The minimum Gasteiger partial charge on any atom is -0.464 e. The monoisotopic (exact) mass is 215 g/mol. The van der Waals surface area contributed by atoms with Crippen LogP contribution in [0.4, 0.5) is 0 Å². The Bertz CT molecular complexity index is 198. The van der Waals surface area contributed by atoms with Crippen LogP contribution in [0.2, 0.25) is 0 Å². The molecule has 0 rings (SSSR count). The first kappa shape index (κ1) is 14.1. The van der Waals surface area contributed by atoms with Crippen molar-refractivity contribution in [2.24, 2.45) is 0 Å². The lowest BCUT2D eigenvalue weighted by atomic mass is 10.3. The van der Waals surface area contributed by atoms with Gasteiger partial charge < -0.3 is 14.8 Å². The third-order valence-corrected chi connectivity index (χ3v) is 1.60. The highest BCUT2D eigenvalue weighted by atomic mass is 16.6. The van der Waals surface area contributed by atoms with E-state index in [9.17, 15) is 4.79 Å². The number of rotatable bonds is 8. The minimum atomic E-state index is -0.304. The van der Waals surface area contributed by atoms with Crippen molar-refractivity contribution in [1.29, 1.82) is 0 Å². The Balaban J connectivity index is 3.18. The summed E-state index contributed by atoms with van der Waals surface area (Å²) in [5, 5.41) is 3.17. The van der Waals surface area contributed by atoms with Crippen LogP contribution in [0.15, 0.2) is 11.6 Å². The first-order chi connectivity index (χ1) is 7.16. The third-order valence-electron chi connectivity index (χ3n) is 1.60. The molecular formula is C11H21NO3. The predicted octanol–water partition coefficient (Wildman–Crippen LogP) is 1.12. The molecule has 0 atom stereocenters. The summed E-state index contributed by atoms with van der Waals surface area (Å²) in [5.41, 5.74) is 1.29. The highest BCUT2D eigenvalue weighted by Gasteiger charge is 1.99. The fourth-order valence-electron chi connectivity index (χ4n) is 0.881. The van der Waals surface area contributed by atoms with Gasteiger partial charge in [-0.3, -0.25) is 0 Å². The van der Waals surface area contributed by atoms with Crippen LogP contribution in [0.1, 0.15) is 20.8 Å². The summed E-state index contributed by atoms with van der Waals surface area (Å²) >= 11 is 0. The van der Waals surface area contributed by atoms with Crippen molar-refractivity contribution < 1.29 is 14.3 Å². The van der Waals surface area contributed by atoms with Crippen LogP contribution in [-0.4, -0.2) is 38.9 Å². The number of hydrogen-bond donors (Lipinski definition) is 1. The lowest BCUT2D eigenvalue weighted by Crippen LogP contribution is -2.22. The SMILES string of the molecule is CCOC(=O)COCCNCC=C(C)C. The van der Waals surface area contributed by atoms with Gasteiger partial charge in [-0.1, -0.05) is 11.6 Å². The molecule has 4 heteroatoms. The van der Waals surface area contributed by atoms with Gasteiger partial charge in [0.1, 0.15) is 6.61 Å². The van der Waals surface area contributed by atoms with Gasteiger partial charge in [-0.05, 0) is 20.8 Å². The van der Waals surface area contributed by atoms with Gasteiger partial charge in [0.25, 0.3) is 0 Å². The quantitative estimate of drug-likeness (QED) is 0.374. The standard InChI is InChI=1S/C11H21NO3/c1-4-15-11(13)9-14-8-7-12-6-5-10(2)3/h5,12H,4,6-9H2,1-3H3. The van der Waals surface area contributed by atoms with Crippen LogP contribution in [0.25, 0.3) is 0 Å². The van der Waals surface area contributed by atoms with Gasteiger partial charge in [-0.15, -0.1) is 0 Å². The van der Waals surface area contributed by atoms with Crippen LogP contribution < -0.4 is 5.32 Å². The van der Waals surface area contributed by atoms with E-state index in [0.717, 1.165) is 13.1 Å². The molecule has 0 fully saturated rings. The van der Waals surface area contributed by atoms with Gasteiger partial charge in [0.15, 0.2) is 0 Å². The van der Waals surface area contributed by atoms with Crippen LogP contribution in [-0.2, 0) is 14.3 Å². The average Bonchev–Trinajstić information content (AvgIpc) is 2.16. The number of hydrogen-bond acceptors (Lipinski definition) is 4. The summed E-state index contributed by atoms with van der Waals surface area (Å²) in [7, 11) is 0. The molecule has 15 heavy (non-hydrogen) atoms. The van der Waals surface area contributed by atoms with Gasteiger partial charge in [0.2, 0.25) is 0 Å². The van der Waals surface area contributed by atoms with E-state index < -0.39 is 0 Å². The molecule has 0 aliphatic heterocycles. The summed E-state index contributed by atoms with van der Waals surface area (Å²) in [6.45, 7) is 8.43. The summed E-state index contributed by atoms with van der Waals surface area (Å²) < 4.78 is 9.80. The molecular weight excluding hydrogens is 194 g/mol. The largest absolute Gasteiger partial charge is 0.464 e. The number of allylic oxidation sites excluding steroid dienone is 1. The van der Waals surface area contributed by atoms with E-state index in [1.54, 1.807) is 6.92 Å². The van der Waals surface area contributed by atoms with Crippen LogP contribution in [0.3, 0.4) is 0 Å². The van der Waals surface area contributed by atoms with E-state index in [1.807, 2.05) is 0 Å². The minimum absolute atomic E-state index is 0.0398. The highest BCUT2D eigenvalue weighted by molar-refractivity contribution is 5.70. The number of carbonyl (C=O) groups is 1.